The molecule has 1 saturated carbocycles. The van der Waals surface area contributed by atoms with Gasteiger partial charge in [0.05, 0.1) is 5.56 Å². The van der Waals surface area contributed by atoms with Gasteiger partial charge in [0.2, 0.25) is 0 Å². The Morgan fingerprint density at radius 2 is 2.31 bits per heavy atom. The Morgan fingerprint density at radius 3 is 2.81 bits per heavy atom. The number of nitrogens with zero attached hydrogens (tertiary/aromatic N) is 3. The van der Waals surface area contributed by atoms with E-state index in [0.717, 1.165) is 25.1 Å². The van der Waals surface area contributed by atoms with Gasteiger partial charge < -0.3 is 10.6 Å². The van der Waals surface area contributed by atoms with Gasteiger partial charge in [0, 0.05) is 25.3 Å². The van der Waals surface area contributed by atoms with Crippen molar-refractivity contribution in [3.05, 3.63) is 23.9 Å². The van der Waals surface area contributed by atoms with Gasteiger partial charge in [-0.05, 0) is 31.4 Å². The molecule has 1 aromatic rings. The zero-order chi connectivity index (χ0) is 11.5. The molecular weight excluding hydrogens is 200 g/mol. The summed E-state index contributed by atoms with van der Waals surface area (Å²) in [5.74, 6) is 0.915. The van der Waals surface area contributed by atoms with Gasteiger partial charge in [-0.2, -0.15) is 5.26 Å². The van der Waals surface area contributed by atoms with Crippen molar-refractivity contribution < 1.29 is 0 Å². The van der Waals surface area contributed by atoms with E-state index in [2.05, 4.69) is 16.0 Å². The van der Waals surface area contributed by atoms with Crippen LogP contribution in [0.25, 0.3) is 0 Å². The standard InChI is InChI=1S/C12H16N4/c1-16(11-4-3-10(14)6-11)12-5-2-9(7-13)8-15-12/h2,5,8,10-11H,3-4,6,14H2,1H3/t10-,11-/m1/s1. The first-order chi connectivity index (χ1) is 7.70. The molecule has 0 bridgehead atoms. The van der Waals surface area contributed by atoms with Gasteiger partial charge in [-0.1, -0.05) is 0 Å². The highest BCUT2D eigenvalue weighted by Crippen LogP contribution is 2.25. The van der Waals surface area contributed by atoms with Crippen LogP contribution in [0, 0.1) is 11.3 Å². The Hall–Kier alpha value is -1.60. The molecule has 2 N–H and O–H groups in total. The van der Waals surface area contributed by atoms with E-state index >= 15 is 0 Å². The average Bonchev–Trinajstić information content (AvgIpc) is 2.75. The van der Waals surface area contributed by atoms with Crippen LogP contribution < -0.4 is 10.6 Å². The van der Waals surface area contributed by atoms with Crippen molar-refractivity contribution in [3.63, 3.8) is 0 Å². The van der Waals surface area contributed by atoms with Crippen LogP contribution in [0.2, 0.25) is 0 Å². The first-order valence-electron chi connectivity index (χ1n) is 5.55. The van der Waals surface area contributed by atoms with E-state index in [-0.39, 0.29) is 0 Å². The topological polar surface area (TPSA) is 65.9 Å². The van der Waals surface area contributed by atoms with Crippen LogP contribution in [-0.2, 0) is 0 Å². The van der Waals surface area contributed by atoms with Gasteiger partial charge in [0.15, 0.2) is 0 Å². The number of pyridine rings is 1. The van der Waals surface area contributed by atoms with Gasteiger partial charge in [-0.15, -0.1) is 0 Å². The fraction of sp³-hybridized carbons (Fsp3) is 0.500. The van der Waals surface area contributed by atoms with Crippen LogP contribution in [0.3, 0.4) is 0 Å². The Kier molecular flexibility index (Phi) is 3.07. The number of hydrogen-bond donors (Lipinski definition) is 1. The summed E-state index contributed by atoms with van der Waals surface area (Å²) in [4.78, 5) is 6.44. The van der Waals surface area contributed by atoms with E-state index in [4.69, 9.17) is 11.0 Å². The zero-order valence-corrected chi connectivity index (χ0v) is 9.43. The minimum atomic E-state index is 0.325. The van der Waals surface area contributed by atoms with E-state index in [1.807, 2.05) is 13.1 Å². The SMILES string of the molecule is CN(c1ccc(C#N)cn1)[C@@H]1CC[C@@H](N)C1. The van der Waals surface area contributed by atoms with Gasteiger partial charge >= 0.3 is 0 Å². The molecule has 2 rings (SSSR count). The summed E-state index contributed by atoms with van der Waals surface area (Å²) in [6, 6.07) is 6.57. The maximum atomic E-state index is 8.69. The summed E-state index contributed by atoms with van der Waals surface area (Å²) in [6.07, 6.45) is 4.85. The van der Waals surface area contributed by atoms with Crippen LogP contribution >= 0.6 is 0 Å². The molecule has 16 heavy (non-hydrogen) atoms. The second kappa shape index (κ2) is 4.50. The molecule has 4 heteroatoms. The van der Waals surface area contributed by atoms with Crippen LogP contribution in [0.4, 0.5) is 5.82 Å². The highest BCUT2D eigenvalue weighted by atomic mass is 15.2. The first kappa shape index (κ1) is 10.9. The largest absolute Gasteiger partial charge is 0.357 e. The van der Waals surface area contributed by atoms with Crippen LogP contribution in [0.15, 0.2) is 18.3 Å². The summed E-state index contributed by atoms with van der Waals surface area (Å²) in [7, 11) is 2.04. The molecule has 4 nitrogen and oxygen atoms in total. The maximum absolute atomic E-state index is 8.69. The van der Waals surface area contributed by atoms with Crippen LogP contribution in [0.1, 0.15) is 24.8 Å². The Bertz CT molecular complexity index is 392. The minimum absolute atomic E-state index is 0.325. The molecule has 1 fully saturated rings. The maximum Gasteiger partial charge on any atom is 0.128 e. The Labute approximate surface area is 95.7 Å². The number of hydrogen-bond acceptors (Lipinski definition) is 4. The molecule has 1 aliphatic rings. The fourth-order valence-electron chi connectivity index (χ4n) is 2.19. The number of anilines is 1. The normalized spacial score (nSPS) is 24.1. The molecule has 84 valence electrons. The van der Waals surface area contributed by atoms with Crippen molar-refractivity contribution in [2.75, 3.05) is 11.9 Å². The fourth-order valence-corrected chi connectivity index (χ4v) is 2.19. The number of nitrogens with two attached hydrogens (primary N) is 1. The summed E-state index contributed by atoms with van der Waals surface area (Å²) in [5, 5.41) is 8.69. The molecule has 0 amide bonds. The molecule has 1 heterocycles. The molecule has 0 spiro atoms. The third-order valence-electron chi connectivity index (χ3n) is 3.23. The number of aromatic nitrogens is 1. The molecular formula is C12H16N4. The lowest BCUT2D eigenvalue weighted by Crippen LogP contribution is -2.31. The summed E-state index contributed by atoms with van der Waals surface area (Å²) in [5.41, 5.74) is 6.49. The van der Waals surface area contributed by atoms with Gasteiger partial charge in [-0.25, -0.2) is 4.98 Å². The second-order valence-electron chi connectivity index (χ2n) is 4.35. The number of nitriles is 1. The summed E-state index contributed by atoms with van der Waals surface area (Å²) >= 11 is 0. The third kappa shape index (κ3) is 2.15. The molecule has 0 saturated heterocycles. The van der Waals surface area contributed by atoms with E-state index < -0.39 is 0 Å². The lowest BCUT2D eigenvalue weighted by atomic mass is 10.2. The van der Waals surface area contributed by atoms with Crippen molar-refractivity contribution in [2.45, 2.75) is 31.3 Å². The van der Waals surface area contributed by atoms with Gasteiger partial charge in [-0.3, -0.25) is 0 Å². The lowest BCUT2D eigenvalue weighted by molar-refractivity contribution is 0.627. The van der Waals surface area contributed by atoms with E-state index in [9.17, 15) is 0 Å². The molecule has 0 aliphatic heterocycles. The predicted octanol–water partition coefficient (Wildman–Crippen LogP) is 1.27. The quantitative estimate of drug-likeness (QED) is 0.808. The van der Waals surface area contributed by atoms with Crippen molar-refractivity contribution in [1.82, 2.24) is 4.98 Å². The van der Waals surface area contributed by atoms with Gasteiger partial charge in [0.1, 0.15) is 11.9 Å². The minimum Gasteiger partial charge on any atom is -0.357 e. The summed E-state index contributed by atoms with van der Waals surface area (Å²) in [6.45, 7) is 0. The Balaban J connectivity index is 2.09. The molecule has 1 aliphatic carbocycles. The van der Waals surface area contributed by atoms with Crippen molar-refractivity contribution in [2.24, 2.45) is 5.73 Å². The zero-order valence-electron chi connectivity index (χ0n) is 9.43. The third-order valence-corrected chi connectivity index (χ3v) is 3.23. The van der Waals surface area contributed by atoms with E-state index in [1.165, 1.54) is 0 Å². The van der Waals surface area contributed by atoms with Gasteiger partial charge in [0.25, 0.3) is 0 Å². The highest BCUT2D eigenvalue weighted by Gasteiger charge is 2.25. The van der Waals surface area contributed by atoms with Crippen molar-refractivity contribution in [3.8, 4) is 6.07 Å². The molecule has 1 aromatic heterocycles. The van der Waals surface area contributed by atoms with Crippen LogP contribution in [-0.4, -0.2) is 24.1 Å². The Morgan fingerprint density at radius 1 is 1.50 bits per heavy atom. The smallest absolute Gasteiger partial charge is 0.128 e. The molecule has 0 radical (unpaired) electrons. The van der Waals surface area contributed by atoms with E-state index in [0.29, 0.717) is 17.6 Å². The first-order valence-corrected chi connectivity index (χ1v) is 5.55. The molecule has 0 aromatic carbocycles. The highest BCUT2D eigenvalue weighted by molar-refractivity contribution is 5.42. The lowest BCUT2D eigenvalue weighted by Gasteiger charge is -2.25. The summed E-state index contributed by atoms with van der Waals surface area (Å²) < 4.78 is 0. The van der Waals surface area contributed by atoms with E-state index in [1.54, 1.807) is 12.3 Å². The molecule has 2 atom stereocenters. The monoisotopic (exact) mass is 216 g/mol. The van der Waals surface area contributed by atoms with Crippen molar-refractivity contribution >= 4 is 5.82 Å². The second-order valence-corrected chi connectivity index (χ2v) is 4.35. The van der Waals surface area contributed by atoms with Crippen LogP contribution in [0.5, 0.6) is 0 Å². The van der Waals surface area contributed by atoms with Crippen molar-refractivity contribution in [1.29, 1.82) is 5.26 Å². The molecule has 0 unspecified atom stereocenters. The predicted molar refractivity (Wildman–Crippen MR) is 63.0 cm³/mol. The number of rotatable bonds is 2. The average molecular weight is 216 g/mol.